The average Bonchev–Trinajstić information content (AvgIpc) is 3.04. The fourth-order valence-electron chi connectivity index (χ4n) is 3.44. The predicted molar refractivity (Wildman–Crippen MR) is 112 cm³/mol. The number of aryl methyl sites for hydroxylation is 2. The Balaban J connectivity index is 1.49. The first-order chi connectivity index (χ1) is 13.5. The van der Waals surface area contributed by atoms with Crippen LogP contribution in [-0.4, -0.2) is 42.9 Å². The summed E-state index contributed by atoms with van der Waals surface area (Å²) in [6.45, 7) is 8.72. The van der Waals surface area contributed by atoms with Crippen molar-refractivity contribution in [2.75, 3.05) is 26.3 Å². The van der Waals surface area contributed by atoms with Crippen LogP contribution in [-0.2, 0) is 22.6 Å². The summed E-state index contributed by atoms with van der Waals surface area (Å²) in [6, 6.07) is 10.1. The van der Waals surface area contributed by atoms with Gasteiger partial charge in [-0.15, -0.1) is 11.3 Å². The Morgan fingerprint density at radius 1 is 1.11 bits per heavy atom. The maximum atomic E-state index is 12.3. The van der Waals surface area contributed by atoms with Crippen molar-refractivity contribution in [2.24, 2.45) is 0 Å². The molecule has 3 rings (SSSR count). The molecule has 150 valence electrons. The first kappa shape index (κ1) is 20.7. The Morgan fingerprint density at radius 2 is 1.82 bits per heavy atom. The van der Waals surface area contributed by atoms with Gasteiger partial charge in [0.05, 0.1) is 13.2 Å². The highest BCUT2D eigenvalue weighted by Crippen LogP contribution is 2.22. The van der Waals surface area contributed by atoms with Gasteiger partial charge < -0.3 is 10.1 Å². The zero-order valence-corrected chi connectivity index (χ0v) is 17.4. The molecule has 1 amide bonds. The van der Waals surface area contributed by atoms with E-state index in [1.807, 2.05) is 32.0 Å². The van der Waals surface area contributed by atoms with Crippen LogP contribution in [0, 0.1) is 13.8 Å². The number of nitrogens with one attached hydrogen (secondary N) is 1. The molecule has 1 fully saturated rings. The summed E-state index contributed by atoms with van der Waals surface area (Å²) in [6.07, 6.45) is 0.469. The Hall–Kier alpha value is -2.02. The smallest absolute Gasteiger partial charge is 0.220 e. The van der Waals surface area contributed by atoms with Crippen molar-refractivity contribution in [3.8, 4) is 0 Å². The second kappa shape index (κ2) is 9.96. The van der Waals surface area contributed by atoms with Gasteiger partial charge in [-0.1, -0.05) is 24.3 Å². The van der Waals surface area contributed by atoms with E-state index in [-0.39, 0.29) is 24.5 Å². The lowest BCUT2D eigenvalue weighted by molar-refractivity contribution is -0.121. The first-order valence-corrected chi connectivity index (χ1v) is 10.6. The number of hydrogen-bond donors (Lipinski definition) is 1. The van der Waals surface area contributed by atoms with E-state index < -0.39 is 0 Å². The molecule has 6 heteroatoms. The number of carbonyl (C=O) groups excluding carboxylic acids is 2. The van der Waals surface area contributed by atoms with E-state index in [9.17, 15) is 9.59 Å². The maximum Gasteiger partial charge on any atom is 0.220 e. The molecule has 1 aliphatic rings. The van der Waals surface area contributed by atoms with Crippen LogP contribution >= 0.6 is 11.3 Å². The van der Waals surface area contributed by atoms with Gasteiger partial charge in [0.1, 0.15) is 0 Å². The molecule has 0 aliphatic carbocycles. The molecule has 1 N–H and O–H groups in total. The highest BCUT2D eigenvalue weighted by molar-refractivity contribution is 7.12. The zero-order valence-electron chi connectivity index (χ0n) is 16.6. The van der Waals surface area contributed by atoms with E-state index in [1.54, 1.807) is 11.3 Å². The molecule has 2 heterocycles. The van der Waals surface area contributed by atoms with Gasteiger partial charge in [0.25, 0.3) is 0 Å². The summed E-state index contributed by atoms with van der Waals surface area (Å²) in [5, 5.41) is 2.97. The Labute approximate surface area is 170 Å². The van der Waals surface area contributed by atoms with E-state index in [1.165, 1.54) is 5.56 Å². The predicted octanol–water partition coefficient (Wildman–Crippen LogP) is 3.48. The third-order valence-corrected chi connectivity index (χ3v) is 5.98. The molecule has 1 aromatic heterocycles. The standard InChI is InChI=1S/C22H28N2O3S/c1-16-13-20(17(2)28-16)21(25)7-8-22(26)23-14-18-5-3-4-6-19(18)15-24-9-11-27-12-10-24/h3-6,13H,7-12,14-15H2,1-2H3,(H,23,26). The zero-order chi connectivity index (χ0) is 19.9. The number of Topliss-reactive ketones (excluding diaryl/α,β-unsaturated/α-hetero) is 1. The molecule has 5 nitrogen and oxygen atoms in total. The molecule has 1 aliphatic heterocycles. The third-order valence-electron chi connectivity index (χ3n) is 5.01. The number of thiophene rings is 1. The number of rotatable bonds is 8. The number of carbonyl (C=O) groups is 2. The monoisotopic (exact) mass is 400 g/mol. The summed E-state index contributed by atoms with van der Waals surface area (Å²) in [5.41, 5.74) is 3.11. The maximum absolute atomic E-state index is 12.3. The summed E-state index contributed by atoms with van der Waals surface area (Å²) < 4.78 is 5.41. The van der Waals surface area contributed by atoms with Gasteiger partial charge >= 0.3 is 0 Å². The molecular formula is C22H28N2O3S. The van der Waals surface area contributed by atoms with E-state index in [0.29, 0.717) is 6.54 Å². The van der Waals surface area contributed by atoms with Crippen LogP contribution in [0.15, 0.2) is 30.3 Å². The van der Waals surface area contributed by atoms with Crippen LogP contribution in [0.4, 0.5) is 0 Å². The van der Waals surface area contributed by atoms with Crippen molar-refractivity contribution >= 4 is 23.0 Å². The molecular weight excluding hydrogens is 372 g/mol. The van der Waals surface area contributed by atoms with Gasteiger partial charge in [-0.3, -0.25) is 14.5 Å². The number of amides is 1. The molecule has 0 spiro atoms. The Morgan fingerprint density at radius 3 is 2.50 bits per heavy atom. The molecule has 1 aromatic carbocycles. The lowest BCUT2D eigenvalue weighted by Gasteiger charge is -2.27. The van der Waals surface area contributed by atoms with E-state index in [0.717, 1.165) is 53.7 Å². The fraction of sp³-hybridized carbons (Fsp3) is 0.455. The van der Waals surface area contributed by atoms with Gasteiger partial charge in [-0.05, 0) is 31.0 Å². The van der Waals surface area contributed by atoms with Gasteiger partial charge in [0.2, 0.25) is 5.91 Å². The molecule has 1 saturated heterocycles. The van der Waals surface area contributed by atoms with Crippen molar-refractivity contribution in [1.82, 2.24) is 10.2 Å². The number of benzene rings is 1. The van der Waals surface area contributed by atoms with E-state index in [4.69, 9.17) is 4.74 Å². The Bertz CT molecular complexity index is 825. The van der Waals surface area contributed by atoms with E-state index >= 15 is 0 Å². The first-order valence-electron chi connectivity index (χ1n) is 9.76. The van der Waals surface area contributed by atoms with Crippen molar-refractivity contribution in [3.05, 3.63) is 56.8 Å². The second-order valence-corrected chi connectivity index (χ2v) is 8.64. The van der Waals surface area contributed by atoms with Gasteiger partial charge in [-0.2, -0.15) is 0 Å². The largest absolute Gasteiger partial charge is 0.379 e. The quantitative estimate of drug-likeness (QED) is 0.690. The average molecular weight is 401 g/mol. The minimum absolute atomic E-state index is 0.0460. The number of morpholine rings is 1. The normalized spacial score (nSPS) is 14.8. The molecule has 0 saturated carbocycles. The lowest BCUT2D eigenvalue weighted by atomic mass is 10.1. The van der Waals surface area contributed by atoms with Gasteiger partial charge in [0.15, 0.2) is 5.78 Å². The van der Waals surface area contributed by atoms with Crippen LogP contribution in [0.5, 0.6) is 0 Å². The molecule has 28 heavy (non-hydrogen) atoms. The summed E-state index contributed by atoms with van der Waals surface area (Å²) in [5.74, 6) is -0.0381. The number of hydrogen-bond acceptors (Lipinski definition) is 5. The summed E-state index contributed by atoms with van der Waals surface area (Å²) in [7, 11) is 0. The highest BCUT2D eigenvalue weighted by atomic mass is 32.1. The van der Waals surface area contributed by atoms with Crippen molar-refractivity contribution in [3.63, 3.8) is 0 Å². The molecule has 0 unspecified atom stereocenters. The van der Waals surface area contributed by atoms with Crippen molar-refractivity contribution in [2.45, 2.75) is 39.8 Å². The topological polar surface area (TPSA) is 58.6 Å². The summed E-state index contributed by atoms with van der Waals surface area (Å²) in [4.78, 5) is 29.1. The minimum atomic E-state index is -0.0841. The van der Waals surface area contributed by atoms with Crippen LogP contribution < -0.4 is 5.32 Å². The van der Waals surface area contributed by atoms with Crippen LogP contribution in [0.3, 0.4) is 0 Å². The number of ether oxygens (including phenoxy) is 1. The second-order valence-electron chi connectivity index (χ2n) is 7.18. The lowest BCUT2D eigenvalue weighted by Crippen LogP contribution is -2.36. The van der Waals surface area contributed by atoms with Crippen LogP contribution in [0.1, 0.15) is 44.1 Å². The summed E-state index contributed by atoms with van der Waals surface area (Å²) >= 11 is 1.62. The highest BCUT2D eigenvalue weighted by Gasteiger charge is 2.15. The van der Waals surface area contributed by atoms with Crippen molar-refractivity contribution < 1.29 is 14.3 Å². The SMILES string of the molecule is Cc1cc(C(=O)CCC(=O)NCc2ccccc2CN2CCOCC2)c(C)s1. The molecule has 0 bridgehead atoms. The number of nitrogens with zero attached hydrogens (tertiary/aromatic N) is 1. The minimum Gasteiger partial charge on any atom is -0.379 e. The Kier molecular flexibility index (Phi) is 7.36. The molecule has 2 aromatic rings. The van der Waals surface area contributed by atoms with E-state index in [2.05, 4.69) is 22.3 Å². The number of ketones is 1. The van der Waals surface area contributed by atoms with Gasteiger partial charge in [-0.25, -0.2) is 0 Å². The fourth-order valence-corrected chi connectivity index (χ4v) is 4.38. The third kappa shape index (κ3) is 5.74. The van der Waals surface area contributed by atoms with Crippen LogP contribution in [0.25, 0.3) is 0 Å². The van der Waals surface area contributed by atoms with Gasteiger partial charge in [0, 0.05) is 54.3 Å². The molecule has 0 radical (unpaired) electrons. The molecule has 0 atom stereocenters. The van der Waals surface area contributed by atoms with Crippen molar-refractivity contribution in [1.29, 1.82) is 0 Å². The van der Waals surface area contributed by atoms with Crippen LogP contribution in [0.2, 0.25) is 0 Å².